The normalized spacial score (nSPS) is 10.5. The van der Waals surface area contributed by atoms with Crippen LogP contribution in [0.4, 0.5) is 5.69 Å². The zero-order chi connectivity index (χ0) is 18.7. The van der Waals surface area contributed by atoms with Crippen molar-refractivity contribution >= 4 is 11.6 Å². The van der Waals surface area contributed by atoms with Crippen molar-refractivity contribution in [2.45, 2.75) is 20.8 Å². The first-order chi connectivity index (χ1) is 12.5. The van der Waals surface area contributed by atoms with Gasteiger partial charge in [0.2, 0.25) is 0 Å². The molecule has 1 heterocycles. The average Bonchev–Trinajstić information content (AvgIpc) is 2.64. The van der Waals surface area contributed by atoms with E-state index in [1.807, 2.05) is 63.2 Å². The number of methoxy groups -OCH3 is 1. The van der Waals surface area contributed by atoms with Crippen molar-refractivity contribution in [1.82, 2.24) is 9.97 Å². The van der Waals surface area contributed by atoms with Crippen LogP contribution in [-0.4, -0.2) is 23.0 Å². The molecule has 0 unspecified atom stereocenters. The third-order valence-corrected chi connectivity index (χ3v) is 4.34. The van der Waals surface area contributed by atoms with E-state index in [9.17, 15) is 4.79 Å². The lowest BCUT2D eigenvalue weighted by Gasteiger charge is -2.10. The van der Waals surface area contributed by atoms with Crippen molar-refractivity contribution in [2.75, 3.05) is 12.4 Å². The summed E-state index contributed by atoms with van der Waals surface area (Å²) in [5, 5.41) is 2.91. The van der Waals surface area contributed by atoms with Gasteiger partial charge in [0.1, 0.15) is 5.75 Å². The monoisotopic (exact) mass is 347 g/mol. The van der Waals surface area contributed by atoms with Crippen LogP contribution in [0.5, 0.6) is 5.75 Å². The lowest BCUT2D eigenvalue weighted by molar-refractivity contribution is 0.102. The van der Waals surface area contributed by atoms with Gasteiger partial charge in [-0.1, -0.05) is 6.07 Å². The standard InChI is InChI=1S/C21H21N3O2/c1-13-5-8-17(11-14(13)2)24-21(25)19-12-22-20(23-15(19)3)16-6-9-18(26-4)10-7-16/h5-12H,1-4H3,(H,24,25). The molecule has 0 atom stereocenters. The molecule has 0 saturated heterocycles. The Bertz CT molecular complexity index is 950. The second-order valence-electron chi connectivity index (χ2n) is 6.17. The number of amides is 1. The Kier molecular flexibility index (Phi) is 4.98. The van der Waals surface area contributed by atoms with Gasteiger partial charge in [0.05, 0.1) is 18.4 Å². The third-order valence-electron chi connectivity index (χ3n) is 4.34. The summed E-state index contributed by atoms with van der Waals surface area (Å²) < 4.78 is 5.16. The van der Waals surface area contributed by atoms with Crippen LogP contribution in [0, 0.1) is 20.8 Å². The Morgan fingerprint density at radius 2 is 1.73 bits per heavy atom. The Morgan fingerprint density at radius 1 is 1.00 bits per heavy atom. The van der Waals surface area contributed by atoms with E-state index in [1.165, 1.54) is 5.56 Å². The Hall–Kier alpha value is -3.21. The highest BCUT2D eigenvalue weighted by Gasteiger charge is 2.13. The fourth-order valence-corrected chi connectivity index (χ4v) is 2.59. The lowest BCUT2D eigenvalue weighted by Crippen LogP contribution is -2.15. The first-order valence-electron chi connectivity index (χ1n) is 8.34. The lowest BCUT2D eigenvalue weighted by atomic mass is 10.1. The molecule has 132 valence electrons. The van der Waals surface area contributed by atoms with Gasteiger partial charge in [-0.05, 0) is 68.3 Å². The number of rotatable bonds is 4. The average molecular weight is 347 g/mol. The number of aromatic nitrogens is 2. The molecule has 5 heteroatoms. The van der Waals surface area contributed by atoms with Crippen LogP contribution in [-0.2, 0) is 0 Å². The highest BCUT2D eigenvalue weighted by Crippen LogP contribution is 2.21. The summed E-state index contributed by atoms with van der Waals surface area (Å²) in [7, 11) is 1.62. The molecule has 3 rings (SSSR count). The first-order valence-corrected chi connectivity index (χ1v) is 8.34. The van der Waals surface area contributed by atoms with Crippen LogP contribution in [0.15, 0.2) is 48.7 Å². The molecule has 1 amide bonds. The van der Waals surface area contributed by atoms with E-state index in [4.69, 9.17) is 4.74 Å². The van der Waals surface area contributed by atoms with E-state index in [0.29, 0.717) is 17.1 Å². The Morgan fingerprint density at radius 3 is 2.35 bits per heavy atom. The number of hydrogen-bond acceptors (Lipinski definition) is 4. The van der Waals surface area contributed by atoms with Crippen LogP contribution >= 0.6 is 0 Å². The molecule has 0 aliphatic rings. The summed E-state index contributed by atoms with van der Waals surface area (Å²) in [6.45, 7) is 5.86. The van der Waals surface area contributed by atoms with E-state index < -0.39 is 0 Å². The van der Waals surface area contributed by atoms with Crippen molar-refractivity contribution in [2.24, 2.45) is 0 Å². The number of hydrogen-bond donors (Lipinski definition) is 1. The smallest absolute Gasteiger partial charge is 0.259 e. The van der Waals surface area contributed by atoms with Gasteiger partial charge in [0.25, 0.3) is 5.91 Å². The van der Waals surface area contributed by atoms with Gasteiger partial charge in [-0.15, -0.1) is 0 Å². The maximum atomic E-state index is 12.6. The SMILES string of the molecule is COc1ccc(-c2ncc(C(=O)Nc3ccc(C)c(C)c3)c(C)n2)cc1. The predicted octanol–water partition coefficient (Wildman–Crippen LogP) is 4.33. The first kappa shape index (κ1) is 17.6. The largest absolute Gasteiger partial charge is 0.497 e. The molecule has 0 aliphatic carbocycles. The minimum absolute atomic E-state index is 0.216. The molecule has 5 nitrogen and oxygen atoms in total. The molecule has 2 aromatic carbocycles. The fourth-order valence-electron chi connectivity index (χ4n) is 2.59. The van der Waals surface area contributed by atoms with Crippen molar-refractivity contribution < 1.29 is 9.53 Å². The summed E-state index contributed by atoms with van der Waals surface area (Å²) in [4.78, 5) is 21.4. The fraction of sp³-hybridized carbons (Fsp3) is 0.190. The van der Waals surface area contributed by atoms with Crippen LogP contribution in [0.3, 0.4) is 0 Å². The van der Waals surface area contributed by atoms with Gasteiger partial charge in [-0.3, -0.25) is 4.79 Å². The van der Waals surface area contributed by atoms with Crippen LogP contribution < -0.4 is 10.1 Å². The summed E-state index contributed by atoms with van der Waals surface area (Å²) >= 11 is 0. The van der Waals surface area contributed by atoms with Gasteiger partial charge < -0.3 is 10.1 Å². The van der Waals surface area contributed by atoms with Crippen LogP contribution in [0.25, 0.3) is 11.4 Å². The molecule has 3 aromatic rings. The molecule has 26 heavy (non-hydrogen) atoms. The minimum Gasteiger partial charge on any atom is -0.497 e. The van der Waals surface area contributed by atoms with E-state index >= 15 is 0 Å². The topological polar surface area (TPSA) is 64.1 Å². The van der Waals surface area contributed by atoms with Gasteiger partial charge in [-0.25, -0.2) is 9.97 Å². The van der Waals surface area contributed by atoms with Crippen molar-refractivity contribution in [1.29, 1.82) is 0 Å². The molecule has 0 saturated carbocycles. The quantitative estimate of drug-likeness (QED) is 0.763. The second-order valence-corrected chi connectivity index (χ2v) is 6.17. The van der Waals surface area contributed by atoms with Crippen LogP contribution in [0.2, 0.25) is 0 Å². The zero-order valence-electron chi connectivity index (χ0n) is 15.3. The Balaban J connectivity index is 1.81. The predicted molar refractivity (Wildman–Crippen MR) is 103 cm³/mol. The van der Waals surface area contributed by atoms with E-state index in [2.05, 4.69) is 15.3 Å². The van der Waals surface area contributed by atoms with Gasteiger partial charge >= 0.3 is 0 Å². The molecule has 0 spiro atoms. The number of aryl methyl sites for hydroxylation is 3. The molecular weight excluding hydrogens is 326 g/mol. The molecule has 1 N–H and O–H groups in total. The number of ether oxygens (including phenoxy) is 1. The maximum absolute atomic E-state index is 12.6. The van der Waals surface area contributed by atoms with Crippen molar-refractivity contribution in [3.05, 3.63) is 71.0 Å². The maximum Gasteiger partial charge on any atom is 0.259 e. The highest BCUT2D eigenvalue weighted by molar-refractivity contribution is 6.04. The van der Waals surface area contributed by atoms with Gasteiger partial charge in [0.15, 0.2) is 5.82 Å². The molecule has 0 bridgehead atoms. The summed E-state index contributed by atoms with van der Waals surface area (Å²) in [6, 6.07) is 13.3. The highest BCUT2D eigenvalue weighted by atomic mass is 16.5. The van der Waals surface area contributed by atoms with E-state index in [0.717, 1.165) is 22.6 Å². The van der Waals surface area contributed by atoms with Crippen molar-refractivity contribution in [3.63, 3.8) is 0 Å². The summed E-state index contributed by atoms with van der Waals surface area (Å²) in [5.41, 5.74) is 5.04. The number of nitrogens with one attached hydrogen (secondary N) is 1. The van der Waals surface area contributed by atoms with Gasteiger partial charge in [-0.2, -0.15) is 0 Å². The number of carbonyl (C=O) groups is 1. The molecule has 1 aromatic heterocycles. The molecule has 0 fully saturated rings. The Labute approximate surface area is 153 Å². The number of nitrogens with zero attached hydrogens (tertiary/aromatic N) is 2. The van der Waals surface area contributed by atoms with Crippen molar-refractivity contribution in [3.8, 4) is 17.1 Å². The molecule has 0 radical (unpaired) electrons. The summed E-state index contributed by atoms with van der Waals surface area (Å²) in [5.74, 6) is 1.13. The zero-order valence-corrected chi connectivity index (χ0v) is 15.3. The van der Waals surface area contributed by atoms with Crippen LogP contribution in [0.1, 0.15) is 27.2 Å². The minimum atomic E-state index is -0.216. The number of carbonyl (C=O) groups excluding carboxylic acids is 1. The number of benzene rings is 2. The number of anilines is 1. The van der Waals surface area contributed by atoms with Gasteiger partial charge in [0, 0.05) is 17.4 Å². The van der Waals surface area contributed by atoms with E-state index in [-0.39, 0.29) is 5.91 Å². The molecule has 0 aliphatic heterocycles. The second kappa shape index (κ2) is 7.35. The summed E-state index contributed by atoms with van der Waals surface area (Å²) in [6.07, 6.45) is 1.57. The third kappa shape index (κ3) is 3.72. The van der Waals surface area contributed by atoms with E-state index in [1.54, 1.807) is 13.3 Å². The molecular formula is C21H21N3O2.